The van der Waals surface area contributed by atoms with Crippen LogP contribution in [0.1, 0.15) is 36.2 Å². The van der Waals surface area contributed by atoms with Crippen LogP contribution in [0.25, 0.3) is 0 Å². The first-order valence-electron chi connectivity index (χ1n) is 6.52. The van der Waals surface area contributed by atoms with Crippen LogP contribution in [0.15, 0.2) is 22.0 Å². The number of aryl methyl sites for hydroxylation is 2. The molecule has 20 heavy (non-hydrogen) atoms. The van der Waals surface area contributed by atoms with Crippen LogP contribution in [-0.4, -0.2) is 11.2 Å². The minimum atomic E-state index is -0.244. The number of carbonyl (C=O) groups excluding carboxylic acids is 1. The summed E-state index contributed by atoms with van der Waals surface area (Å²) in [5, 5.41) is 11.6. The molecular formula is C14H19N3O2S. The van der Waals surface area contributed by atoms with Crippen molar-refractivity contribution in [1.29, 1.82) is 0 Å². The van der Waals surface area contributed by atoms with Crippen LogP contribution in [0.2, 0.25) is 0 Å². The highest BCUT2D eigenvalue weighted by molar-refractivity contribution is 7.10. The molecule has 1 atom stereocenters. The highest BCUT2D eigenvalue weighted by Crippen LogP contribution is 2.26. The van der Waals surface area contributed by atoms with Gasteiger partial charge in [0.2, 0.25) is 0 Å². The quantitative estimate of drug-likeness (QED) is 0.899. The molecule has 108 valence electrons. The molecule has 0 aliphatic carbocycles. The summed E-state index contributed by atoms with van der Waals surface area (Å²) in [6.45, 7) is 7.74. The molecule has 0 aromatic carbocycles. The van der Waals surface area contributed by atoms with Crippen molar-refractivity contribution < 1.29 is 9.32 Å². The average molecular weight is 293 g/mol. The van der Waals surface area contributed by atoms with Gasteiger partial charge in [0.15, 0.2) is 5.76 Å². The van der Waals surface area contributed by atoms with Crippen LogP contribution >= 0.6 is 11.3 Å². The van der Waals surface area contributed by atoms with E-state index < -0.39 is 0 Å². The molecule has 2 N–H and O–H groups in total. The topological polar surface area (TPSA) is 67.2 Å². The van der Waals surface area contributed by atoms with Crippen LogP contribution in [0.4, 0.5) is 10.5 Å². The third-order valence-corrected chi connectivity index (χ3v) is 4.03. The molecular weight excluding hydrogens is 274 g/mol. The van der Waals surface area contributed by atoms with Crippen molar-refractivity contribution in [1.82, 2.24) is 10.5 Å². The van der Waals surface area contributed by atoms with Gasteiger partial charge in [-0.1, -0.05) is 25.1 Å². The maximum Gasteiger partial charge on any atom is 0.319 e. The van der Waals surface area contributed by atoms with E-state index in [2.05, 4.69) is 29.6 Å². The van der Waals surface area contributed by atoms with Crippen molar-refractivity contribution in [2.75, 3.05) is 5.32 Å². The summed E-state index contributed by atoms with van der Waals surface area (Å²) in [6.07, 6.45) is 0. The Labute approximate surface area is 122 Å². The number of anilines is 1. The van der Waals surface area contributed by atoms with E-state index in [0.717, 1.165) is 4.88 Å². The fourth-order valence-electron chi connectivity index (χ4n) is 1.99. The van der Waals surface area contributed by atoms with Gasteiger partial charge in [-0.2, -0.15) is 0 Å². The van der Waals surface area contributed by atoms with E-state index in [1.54, 1.807) is 25.2 Å². The molecule has 0 aliphatic heterocycles. The third kappa shape index (κ3) is 3.19. The number of hydrogen-bond donors (Lipinski definition) is 2. The Kier molecular flexibility index (Phi) is 4.44. The molecule has 0 unspecified atom stereocenters. The van der Waals surface area contributed by atoms with Crippen LogP contribution < -0.4 is 10.6 Å². The summed E-state index contributed by atoms with van der Waals surface area (Å²) in [5.74, 6) is 0.916. The molecule has 2 heterocycles. The number of rotatable bonds is 4. The van der Waals surface area contributed by atoms with Gasteiger partial charge < -0.3 is 15.2 Å². The van der Waals surface area contributed by atoms with Gasteiger partial charge in [0.05, 0.1) is 6.04 Å². The molecule has 0 saturated carbocycles. The smallest absolute Gasteiger partial charge is 0.319 e. The Hall–Kier alpha value is -1.82. The number of thiophene rings is 1. The highest BCUT2D eigenvalue weighted by atomic mass is 32.1. The van der Waals surface area contributed by atoms with E-state index in [4.69, 9.17) is 4.52 Å². The third-order valence-electron chi connectivity index (χ3n) is 3.07. The second kappa shape index (κ2) is 6.09. The SMILES string of the molecule is Cc1noc(C)c1NC(=O)N[C@H](c1cccs1)C(C)C. The maximum absolute atomic E-state index is 12.1. The number of nitrogens with zero attached hydrogens (tertiary/aromatic N) is 1. The summed E-state index contributed by atoms with van der Waals surface area (Å²) in [4.78, 5) is 13.3. The van der Waals surface area contributed by atoms with Gasteiger partial charge in [-0.05, 0) is 31.2 Å². The highest BCUT2D eigenvalue weighted by Gasteiger charge is 2.20. The van der Waals surface area contributed by atoms with Crippen LogP contribution in [0.3, 0.4) is 0 Å². The summed E-state index contributed by atoms with van der Waals surface area (Å²) in [7, 11) is 0. The summed E-state index contributed by atoms with van der Waals surface area (Å²) in [6, 6.07) is 3.77. The number of urea groups is 1. The number of nitrogens with one attached hydrogen (secondary N) is 2. The zero-order valence-electron chi connectivity index (χ0n) is 12.1. The lowest BCUT2D eigenvalue weighted by Gasteiger charge is -2.21. The Bertz CT molecular complexity index is 556. The first-order chi connectivity index (χ1) is 9.49. The van der Waals surface area contributed by atoms with Crippen molar-refractivity contribution in [2.45, 2.75) is 33.7 Å². The van der Waals surface area contributed by atoms with Crippen molar-refractivity contribution in [3.05, 3.63) is 33.8 Å². The Morgan fingerprint density at radius 1 is 1.40 bits per heavy atom. The Morgan fingerprint density at radius 3 is 2.65 bits per heavy atom. The fourth-order valence-corrected chi connectivity index (χ4v) is 2.94. The predicted molar refractivity (Wildman–Crippen MR) is 80.0 cm³/mol. The number of hydrogen-bond acceptors (Lipinski definition) is 4. The Balaban J connectivity index is 2.06. The lowest BCUT2D eigenvalue weighted by Crippen LogP contribution is -2.34. The van der Waals surface area contributed by atoms with Crippen molar-refractivity contribution in [3.8, 4) is 0 Å². The first kappa shape index (κ1) is 14.6. The van der Waals surface area contributed by atoms with Crippen LogP contribution in [-0.2, 0) is 0 Å². The van der Waals surface area contributed by atoms with Crippen molar-refractivity contribution >= 4 is 23.1 Å². The van der Waals surface area contributed by atoms with Gasteiger partial charge in [0, 0.05) is 4.88 Å². The molecule has 0 fully saturated rings. The number of amides is 2. The molecule has 0 saturated heterocycles. The second-order valence-electron chi connectivity index (χ2n) is 5.03. The zero-order chi connectivity index (χ0) is 14.7. The van der Waals surface area contributed by atoms with Gasteiger partial charge >= 0.3 is 6.03 Å². The Morgan fingerprint density at radius 2 is 2.15 bits per heavy atom. The summed E-state index contributed by atoms with van der Waals surface area (Å²) < 4.78 is 5.03. The normalized spacial score (nSPS) is 12.4. The lowest BCUT2D eigenvalue weighted by atomic mass is 10.0. The van der Waals surface area contributed by atoms with E-state index in [1.807, 2.05) is 17.5 Å². The molecule has 0 spiro atoms. The second-order valence-corrected chi connectivity index (χ2v) is 6.01. The monoisotopic (exact) mass is 293 g/mol. The van der Waals surface area contributed by atoms with Gasteiger partial charge in [-0.15, -0.1) is 11.3 Å². The summed E-state index contributed by atoms with van der Waals surface area (Å²) in [5.41, 5.74) is 1.31. The van der Waals surface area contributed by atoms with E-state index in [1.165, 1.54) is 0 Å². The fraction of sp³-hybridized carbons (Fsp3) is 0.429. The van der Waals surface area contributed by atoms with E-state index >= 15 is 0 Å². The van der Waals surface area contributed by atoms with Gasteiger partial charge in [-0.3, -0.25) is 0 Å². The molecule has 0 bridgehead atoms. The minimum Gasteiger partial charge on any atom is -0.359 e. The largest absolute Gasteiger partial charge is 0.359 e. The molecule has 2 aromatic rings. The molecule has 2 rings (SSSR count). The molecule has 0 radical (unpaired) electrons. The van der Waals surface area contributed by atoms with Crippen LogP contribution in [0.5, 0.6) is 0 Å². The number of carbonyl (C=O) groups is 1. The molecule has 2 amide bonds. The minimum absolute atomic E-state index is 0.00419. The van der Waals surface area contributed by atoms with Crippen molar-refractivity contribution in [2.24, 2.45) is 5.92 Å². The standard InChI is InChI=1S/C14H19N3O2S/c1-8(2)12(11-6-5-7-20-11)15-14(18)16-13-9(3)17-19-10(13)4/h5-8,12H,1-4H3,(H2,15,16,18)/t12-/m0/s1. The average Bonchev–Trinajstić information content (AvgIpc) is 3.01. The summed E-state index contributed by atoms with van der Waals surface area (Å²) >= 11 is 1.64. The van der Waals surface area contributed by atoms with Crippen LogP contribution in [0, 0.1) is 19.8 Å². The van der Waals surface area contributed by atoms with E-state index in [9.17, 15) is 4.79 Å². The van der Waals surface area contributed by atoms with Gasteiger partial charge in [0.25, 0.3) is 0 Å². The van der Waals surface area contributed by atoms with Gasteiger partial charge in [0.1, 0.15) is 11.4 Å². The molecule has 6 heteroatoms. The van der Waals surface area contributed by atoms with E-state index in [0.29, 0.717) is 23.1 Å². The van der Waals surface area contributed by atoms with Crippen molar-refractivity contribution in [3.63, 3.8) is 0 Å². The predicted octanol–water partition coefficient (Wildman–Crippen LogP) is 3.87. The van der Waals surface area contributed by atoms with E-state index in [-0.39, 0.29) is 12.1 Å². The first-order valence-corrected chi connectivity index (χ1v) is 7.40. The number of aromatic nitrogens is 1. The van der Waals surface area contributed by atoms with Gasteiger partial charge in [-0.25, -0.2) is 4.79 Å². The molecule has 2 aromatic heterocycles. The maximum atomic E-state index is 12.1. The lowest BCUT2D eigenvalue weighted by molar-refractivity contribution is 0.245. The zero-order valence-corrected chi connectivity index (χ0v) is 12.9. The molecule has 0 aliphatic rings. The molecule has 5 nitrogen and oxygen atoms in total.